The van der Waals surface area contributed by atoms with E-state index in [1.165, 1.54) is 0 Å². The maximum atomic E-state index is 5.21. The summed E-state index contributed by atoms with van der Waals surface area (Å²) in [7, 11) is 0. The fraction of sp³-hybridized carbons (Fsp3) is 0.333. The van der Waals surface area contributed by atoms with Crippen molar-refractivity contribution in [2.24, 2.45) is 0 Å². The lowest BCUT2D eigenvalue weighted by Gasteiger charge is -1.99. The van der Waals surface area contributed by atoms with Crippen LogP contribution in [0.2, 0.25) is 0 Å². The molecule has 0 radical (unpaired) electrons. The molecule has 0 unspecified atom stereocenters. The molecule has 1 aromatic rings. The zero-order chi connectivity index (χ0) is 8.81. The summed E-state index contributed by atoms with van der Waals surface area (Å²) < 4.78 is 6.23. The molecule has 0 aliphatic carbocycles. The van der Waals surface area contributed by atoms with Gasteiger partial charge in [-0.3, -0.25) is 0 Å². The Balaban J connectivity index is 2.24. The van der Waals surface area contributed by atoms with Gasteiger partial charge in [-0.2, -0.15) is 0 Å². The van der Waals surface area contributed by atoms with Crippen molar-refractivity contribution in [2.75, 3.05) is 6.54 Å². The number of furan rings is 1. The highest BCUT2D eigenvalue weighted by atomic mass is 79.9. The number of halogens is 1. The Hall–Kier alpha value is -0.540. The van der Waals surface area contributed by atoms with Crippen molar-refractivity contribution < 1.29 is 4.42 Å². The summed E-state index contributed by atoms with van der Waals surface area (Å²) in [5.74, 6) is 0.944. The van der Waals surface area contributed by atoms with Crippen molar-refractivity contribution in [3.63, 3.8) is 0 Å². The number of rotatable bonds is 5. The molecule has 2 nitrogen and oxygen atoms in total. The van der Waals surface area contributed by atoms with E-state index in [2.05, 4.69) is 27.8 Å². The number of hydrogen-bond acceptors (Lipinski definition) is 2. The lowest BCUT2D eigenvalue weighted by molar-refractivity contribution is 0.482. The van der Waals surface area contributed by atoms with Crippen LogP contribution in [0.15, 0.2) is 33.9 Å². The summed E-state index contributed by atoms with van der Waals surface area (Å²) in [5.41, 5.74) is 0. The van der Waals surface area contributed by atoms with Gasteiger partial charge >= 0.3 is 0 Å². The van der Waals surface area contributed by atoms with E-state index in [0.29, 0.717) is 0 Å². The largest absolute Gasteiger partial charge is 0.467 e. The average molecular weight is 230 g/mol. The summed E-state index contributed by atoms with van der Waals surface area (Å²) in [6.45, 7) is 5.35. The minimum atomic E-state index is 0.765. The van der Waals surface area contributed by atoms with Crippen LogP contribution in [0.3, 0.4) is 0 Å². The Morgan fingerprint density at radius 2 is 2.50 bits per heavy atom. The van der Waals surface area contributed by atoms with Crippen LogP contribution in [0.25, 0.3) is 0 Å². The first-order valence-corrected chi connectivity index (χ1v) is 4.67. The monoisotopic (exact) mass is 229 g/mol. The van der Waals surface area contributed by atoms with Crippen LogP contribution >= 0.6 is 15.9 Å². The van der Waals surface area contributed by atoms with E-state index in [1.54, 1.807) is 6.26 Å². The molecule has 0 aromatic carbocycles. The maximum absolute atomic E-state index is 5.21. The standard InChI is InChI=1S/C9H12BrNO/c1-2-3-5-11-7-9-8(10)4-6-12-9/h2,4,6,11H,1,3,5,7H2. The second-order valence-electron chi connectivity index (χ2n) is 2.45. The first kappa shape index (κ1) is 9.55. The van der Waals surface area contributed by atoms with E-state index < -0.39 is 0 Å². The van der Waals surface area contributed by atoms with Crippen LogP contribution in [0.5, 0.6) is 0 Å². The molecule has 0 fully saturated rings. The van der Waals surface area contributed by atoms with E-state index in [-0.39, 0.29) is 0 Å². The average Bonchev–Trinajstić information content (AvgIpc) is 2.46. The quantitative estimate of drug-likeness (QED) is 0.621. The Labute approximate surface area is 80.8 Å². The van der Waals surface area contributed by atoms with E-state index in [9.17, 15) is 0 Å². The third kappa shape index (κ3) is 2.83. The summed E-state index contributed by atoms with van der Waals surface area (Å²) in [6, 6.07) is 1.89. The molecule has 0 saturated heterocycles. The van der Waals surface area contributed by atoms with Crippen LogP contribution in [-0.2, 0) is 6.54 Å². The molecule has 1 aromatic heterocycles. The lowest BCUT2D eigenvalue weighted by Crippen LogP contribution is -2.13. The van der Waals surface area contributed by atoms with Gasteiger partial charge in [0, 0.05) is 0 Å². The second-order valence-corrected chi connectivity index (χ2v) is 3.30. The van der Waals surface area contributed by atoms with Crippen molar-refractivity contribution in [2.45, 2.75) is 13.0 Å². The second kappa shape index (κ2) is 5.17. The van der Waals surface area contributed by atoms with E-state index in [4.69, 9.17) is 4.42 Å². The van der Waals surface area contributed by atoms with Gasteiger partial charge in [0.15, 0.2) is 0 Å². The molecule has 0 spiro atoms. The fourth-order valence-corrected chi connectivity index (χ4v) is 1.20. The summed E-state index contributed by atoms with van der Waals surface area (Å²) >= 11 is 3.38. The molecule has 0 atom stereocenters. The maximum Gasteiger partial charge on any atom is 0.131 e. The number of nitrogens with one attached hydrogen (secondary N) is 1. The molecule has 0 saturated carbocycles. The highest BCUT2D eigenvalue weighted by Gasteiger charge is 2.00. The minimum absolute atomic E-state index is 0.765. The molecule has 0 bridgehead atoms. The number of hydrogen-bond donors (Lipinski definition) is 1. The van der Waals surface area contributed by atoms with Crippen molar-refractivity contribution >= 4 is 15.9 Å². The predicted molar refractivity (Wildman–Crippen MR) is 52.9 cm³/mol. The molecule has 1 heterocycles. The van der Waals surface area contributed by atoms with E-state index in [0.717, 1.165) is 29.7 Å². The molecule has 0 aliphatic rings. The fourth-order valence-electron chi connectivity index (χ4n) is 0.857. The topological polar surface area (TPSA) is 25.2 Å². The van der Waals surface area contributed by atoms with Crippen molar-refractivity contribution in [3.05, 3.63) is 35.2 Å². The first-order valence-electron chi connectivity index (χ1n) is 3.88. The smallest absolute Gasteiger partial charge is 0.131 e. The molecule has 3 heteroatoms. The molecular formula is C9H12BrNO. The Kier molecular flexibility index (Phi) is 4.11. The molecule has 0 amide bonds. The molecule has 0 aliphatic heterocycles. The normalized spacial score (nSPS) is 10.1. The van der Waals surface area contributed by atoms with Crippen LogP contribution in [0.4, 0.5) is 0 Å². The third-order valence-electron chi connectivity index (χ3n) is 1.50. The van der Waals surface area contributed by atoms with Gasteiger partial charge in [-0.15, -0.1) is 6.58 Å². The van der Waals surface area contributed by atoms with Crippen molar-refractivity contribution in [1.29, 1.82) is 0 Å². The summed E-state index contributed by atoms with van der Waals surface area (Å²) in [6.07, 6.45) is 4.55. The third-order valence-corrected chi connectivity index (χ3v) is 2.21. The van der Waals surface area contributed by atoms with Gasteiger partial charge < -0.3 is 9.73 Å². The van der Waals surface area contributed by atoms with E-state index >= 15 is 0 Å². The lowest BCUT2D eigenvalue weighted by atomic mass is 10.4. The summed E-state index contributed by atoms with van der Waals surface area (Å²) in [5, 5.41) is 3.23. The van der Waals surface area contributed by atoms with Crippen LogP contribution in [0.1, 0.15) is 12.2 Å². The molecule has 12 heavy (non-hydrogen) atoms. The Morgan fingerprint density at radius 3 is 3.08 bits per heavy atom. The SMILES string of the molecule is C=CCCNCc1occc1Br. The molecule has 66 valence electrons. The predicted octanol–water partition coefficient (Wildman–Crippen LogP) is 2.71. The van der Waals surface area contributed by atoms with E-state index in [1.807, 2.05) is 12.1 Å². The van der Waals surface area contributed by atoms with Crippen LogP contribution in [0, 0.1) is 0 Å². The zero-order valence-corrected chi connectivity index (χ0v) is 8.43. The highest BCUT2D eigenvalue weighted by Crippen LogP contribution is 2.16. The van der Waals surface area contributed by atoms with Gasteiger partial charge in [0.1, 0.15) is 5.76 Å². The highest BCUT2D eigenvalue weighted by molar-refractivity contribution is 9.10. The van der Waals surface area contributed by atoms with Gasteiger partial charge in [0.05, 0.1) is 17.3 Å². The van der Waals surface area contributed by atoms with Gasteiger partial charge in [0.2, 0.25) is 0 Å². The minimum Gasteiger partial charge on any atom is -0.467 e. The molecule has 1 rings (SSSR count). The van der Waals surface area contributed by atoms with Crippen LogP contribution < -0.4 is 5.32 Å². The van der Waals surface area contributed by atoms with Crippen LogP contribution in [-0.4, -0.2) is 6.54 Å². The van der Waals surface area contributed by atoms with Gasteiger partial charge in [-0.25, -0.2) is 0 Å². The van der Waals surface area contributed by atoms with Gasteiger partial charge in [-0.1, -0.05) is 6.08 Å². The Bertz CT molecular complexity index is 244. The van der Waals surface area contributed by atoms with Crippen molar-refractivity contribution in [3.8, 4) is 0 Å². The molecule has 1 N–H and O–H groups in total. The first-order chi connectivity index (χ1) is 5.84. The summed E-state index contributed by atoms with van der Waals surface area (Å²) in [4.78, 5) is 0. The molecular weight excluding hydrogens is 218 g/mol. The van der Waals surface area contributed by atoms with Gasteiger partial charge in [-0.05, 0) is 35.0 Å². The Morgan fingerprint density at radius 1 is 1.67 bits per heavy atom. The van der Waals surface area contributed by atoms with Crippen molar-refractivity contribution in [1.82, 2.24) is 5.32 Å². The van der Waals surface area contributed by atoms with Gasteiger partial charge in [0.25, 0.3) is 0 Å². The zero-order valence-electron chi connectivity index (χ0n) is 6.85.